The lowest BCUT2D eigenvalue weighted by atomic mass is 10.1. The number of hydrogen-bond donors (Lipinski definition) is 2. The van der Waals surface area contributed by atoms with Crippen molar-refractivity contribution in [1.82, 2.24) is 10.6 Å². The van der Waals surface area contributed by atoms with Crippen LogP contribution in [-0.2, 0) is 0 Å². The van der Waals surface area contributed by atoms with E-state index >= 15 is 0 Å². The first kappa shape index (κ1) is 12.6. The summed E-state index contributed by atoms with van der Waals surface area (Å²) in [4.78, 5) is 0. The summed E-state index contributed by atoms with van der Waals surface area (Å²) in [6.07, 6.45) is 2.19. The molecule has 2 rings (SSSR count). The average molecular weight is 259 g/mol. The van der Waals surface area contributed by atoms with Crippen LogP contribution in [0.2, 0.25) is 5.02 Å². The Balaban J connectivity index is 1.75. The molecule has 1 aromatic carbocycles. The lowest BCUT2D eigenvalue weighted by molar-refractivity contribution is 0.243. The van der Waals surface area contributed by atoms with Crippen molar-refractivity contribution >= 4 is 11.6 Å². The van der Waals surface area contributed by atoms with Crippen LogP contribution in [0, 0.1) is 5.82 Å². The summed E-state index contributed by atoms with van der Waals surface area (Å²) in [7, 11) is 0. The molecule has 0 atom stereocenters. The topological polar surface area (TPSA) is 33.3 Å². The molecule has 1 aromatic rings. The average Bonchev–Trinajstić information content (AvgIpc) is 2.35. The maximum Gasteiger partial charge on any atom is 0.145 e. The van der Waals surface area contributed by atoms with Gasteiger partial charge in [0.15, 0.2) is 0 Å². The molecule has 0 radical (unpaired) electrons. The number of nitrogens with one attached hydrogen (secondary N) is 2. The molecule has 3 nitrogen and oxygen atoms in total. The van der Waals surface area contributed by atoms with Gasteiger partial charge < -0.3 is 10.1 Å². The van der Waals surface area contributed by atoms with Crippen LogP contribution in [0.4, 0.5) is 4.39 Å². The van der Waals surface area contributed by atoms with Crippen LogP contribution in [0.15, 0.2) is 18.2 Å². The number of benzene rings is 1. The maximum absolute atomic E-state index is 13.1. The first-order chi connectivity index (χ1) is 8.25. The van der Waals surface area contributed by atoms with E-state index in [4.69, 9.17) is 16.3 Å². The Morgan fingerprint density at radius 2 is 2.18 bits per heavy atom. The zero-order chi connectivity index (χ0) is 12.1. The van der Waals surface area contributed by atoms with Crippen LogP contribution in [-0.4, -0.2) is 25.9 Å². The summed E-state index contributed by atoms with van der Waals surface area (Å²) >= 11 is 5.58. The van der Waals surface area contributed by atoms with Crippen molar-refractivity contribution in [3.05, 3.63) is 29.0 Å². The minimum Gasteiger partial charge on any atom is -0.478 e. The van der Waals surface area contributed by atoms with Crippen molar-refractivity contribution in [3.8, 4) is 5.75 Å². The highest BCUT2D eigenvalue weighted by Gasteiger charge is 2.11. The number of halogens is 2. The van der Waals surface area contributed by atoms with Crippen molar-refractivity contribution < 1.29 is 9.13 Å². The van der Waals surface area contributed by atoms with Gasteiger partial charge in [0.1, 0.15) is 18.3 Å². The van der Waals surface area contributed by atoms with Crippen LogP contribution in [0.3, 0.4) is 0 Å². The number of rotatable bonds is 4. The highest BCUT2D eigenvalue weighted by Crippen LogP contribution is 2.20. The molecular formula is C12H16ClFN2O. The Morgan fingerprint density at radius 1 is 1.41 bits per heavy atom. The molecule has 17 heavy (non-hydrogen) atoms. The maximum atomic E-state index is 13.1. The van der Waals surface area contributed by atoms with Gasteiger partial charge in [-0.1, -0.05) is 11.6 Å². The quantitative estimate of drug-likeness (QED) is 0.812. The standard InChI is InChI=1S/C12H16ClFN2O/c13-11-2-1-10(7-12(11)14)17-8-16-9-3-5-15-6-4-9/h1-2,7,9,15-16H,3-6,8H2. The summed E-state index contributed by atoms with van der Waals surface area (Å²) in [6, 6.07) is 4.94. The molecule has 2 N–H and O–H groups in total. The van der Waals surface area contributed by atoms with E-state index < -0.39 is 5.82 Å². The van der Waals surface area contributed by atoms with Gasteiger partial charge in [-0.05, 0) is 38.1 Å². The molecule has 1 fully saturated rings. The van der Waals surface area contributed by atoms with Crippen molar-refractivity contribution in [3.63, 3.8) is 0 Å². The SMILES string of the molecule is Fc1cc(OCNC2CCNCC2)ccc1Cl. The zero-order valence-electron chi connectivity index (χ0n) is 9.51. The summed E-state index contributed by atoms with van der Waals surface area (Å²) in [5.74, 6) is 0.0411. The van der Waals surface area contributed by atoms with E-state index in [9.17, 15) is 4.39 Å². The Labute approximate surface area is 105 Å². The third-order valence-corrected chi connectivity index (χ3v) is 3.15. The van der Waals surface area contributed by atoms with Crippen LogP contribution in [0.1, 0.15) is 12.8 Å². The van der Waals surface area contributed by atoms with Gasteiger partial charge in [0, 0.05) is 12.1 Å². The molecule has 0 saturated carbocycles. The van der Waals surface area contributed by atoms with Gasteiger partial charge in [0.2, 0.25) is 0 Å². The highest BCUT2D eigenvalue weighted by molar-refractivity contribution is 6.30. The molecule has 1 saturated heterocycles. The zero-order valence-corrected chi connectivity index (χ0v) is 10.3. The Hall–Kier alpha value is -0.840. The number of ether oxygens (including phenoxy) is 1. The van der Waals surface area contributed by atoms with Crippen LogP contribution >= 0.6 is 11.6 Å². The minimum absolute atomic E-state index is 0.115. The fraction of sp³-hybridized carbons (Fsp3) is 0.500. The largest absolute Gasteiger partial charge is 0.478 e. The van der Waals surface area contributed by atoms with Gasteiger partial charge in [-0.15, -0.1) is 0 Å². The lowest BCUT2D eigenvalue weighted by Gasteiger charge is -2.23. The monoisotopic (exact) mass is 258 g/mol. The van der Waals surface area contributed by atoms with Crippen molar-refractivity contribution in [2.75, 3.05) is 19.8 Å². The van der Waals surface area contributed by atoms with Gasteiger partial charge in [-0.25, -0.2) is 4.39 Å². The highest BCUT2D eigenvalue weighted by atomic mass is 35.5. The molecule has 94 valence electrons. The molecule has 0 bridgehead atoms. The Kier molecular flexibility index (Phi) is 4.59. The van der Waals surface area contributed by atoms with Gasteiger partial charge >= 0.3 is 0 Å². The molecule has 1 aliphatic rings. The number of piperidine rings is 1. The Bertz CT molecular complexity index is 370. The summed E-state index contributed by atoms with van der Waals surface area (Å²) < 4.78 is 18.5. The third kappa shape index (κ3) is 3.84. The van der Waals surface area contributed by atoms with E-state index in [0.29, 0.717) is 18.5 Å². The molecule has 0 amide bonds. The molecule has 0 aliphatic carbocycles. The van der Waals surface area contributed by atoms with Crippen molar-refractivity contribution in [1.29, 1.82) is 0 Å². The molecular weight excluding hydrogens is 243 g/mol. The molecule has 1 aliphatic heterocycles. The van der Waals surface area contributed by atoms with Crippen molar-refractivity contribution in [2.24, 2.45) is 0 Å². The van der Waals surface area contributed by atoms with Crippen molar-refractivity contribution in [2.45, 2.75) is 18.9 Å². The third-order valence-electron chi connectivity index (χ3n) is 2.84. The van der Waals surface area contributed by atoms with Crippen LogP contribution in [0.25, 0.3) is 0 Å². The van der Waals surface area contributed by atoms with E-state index in [1.807, 2.05) is 0 Å². The lowest BCUT2D eigenvalue weighted by Crippen LogP contribution is -2.41. The summed E-state index contributed by atoms with van der Waals surface area (Å²) in [6.45, 7) is 2.46. The second-order valence-corrected chi connectivity index (χ2v) is 4.50. The molecule has 0 unspecified atom stereocenters. The molecule has 1 heterocycles. The number of hydrogen-bond acceptors (Lipinski definition) is 3. The van der Waals surface area contributed by atoms with Crippen LogP contribution < -0.4 is 15.4 Å². The summed E-state index contributed by atoms with van der Waals surface area (Å²) in [5, 5.41) is 6.69. The first-order valence-electron chi connectivity index (χ1n) is 5.77. The molecule has 0 aromatic heterocycles. The molecule has 0 spiro atoms. The fourth-order valence-electron chi connectivity index (χ4n) is 1.84. The van der Waals surface area contributed by atoms with Gasteiger partial charge in [0.25, 0.3) is 0 Å². The van der Waals surface area contributed by atoms with E-state index in [1.54, 1.807) is 6.07 Å². The molecule has 5 heteroatoms. The summed E-state index contributed by atoms with van der Waals surface area (Å²) in [5.41, 5.74) is 0. The first-order valence-corrected chi connectivity index (χ1v) is 6.15. The van der Waals surface area contributed by atoms with Gasteiger partial charge in [0.05, 0.1) is 5.02 Å². The fourth-order valence-corrected chi connectivity index (χ4v) is 1.95. The van der Waals surface area contributed by atoms with Gasteiger partial charge in [-0.2, -0.15) is 0 Å². The Morgan fingerprint density at radius 3 is 2.88 bits per heavy atom. The normalized spacial score (nSPS) is 17.1. The second-order valence-electron chi connectivity index (χ2n) is 4.09. The van der Waals surface area contributed by atoms with Crippen LogP contribution in [0.5, 0.6) is 5.75 Å². The predicted octanol–water partition coefficient (Wildman–Crippen LogP) is 2.16. The van der Waals surface area contributed by atoms with E-state index in [0.717, 1.165) is 25.9 Å². The van der Waals surface area contributed by atoms with E-state index in [-0.39, 0.29) is 5.02 Å². The smallest absolute Gasteiger partial charge is 0.145 e. The van der Waals surface area contributed by atoms with Gasteiger partial charge in [-0.3, -0.25) is 5.32 Å². The van der Waals surface area contributed by atoms with E-state index in [2.05, 4.69) is 10.6 Å². The second kappa shape index (κ2) is 6.19. The predicted molar refractivity (Wildman–Crippen MR) is 65.9 cm³/mol. The van der Waals surface area contributed by atoms with E-state index in [1.165, 1.54) is 12.1 Å². The minimum atomic E-state index is -0.453.